The van der Waals surface area contributed by atoms with E-state index in [1.807, 2.05) is 7.05 Å². The van der Waals surface area contributed by atoms with Gasteiger partial charge in [-0.2, -0.15) is 0 Å². The Balaban J connectivity index is 3.74. The Morgan fingerprint density at radius 1 is 0.360 bits per heavy atom. The first-order valence-corrected chi connectivity index (χ1v) is 22.9. The second-order valence-electron chi connectivity index (χ2n) is 15.7. The van der Waals surface area contributed by atoms with Crippen molar-refractivity contribution in [3.63, 3.8) is 0 Å². The summed E-state index contributed by atoms with van der Waals surface area (Å²) in [6.07, 6.45) is 48.3. The average Bonchev–Trinajstić information content (AvgIpc) is 3.11. The molecule has 0 aliphatic carbocycles. The highest BCUT2D eigenvalue weighted by atomic mass is 16.2. The van der Waals surface area contributed by atoms with Gasteiger partial charge in [0.1, 0.15) is 6.17 Å². The molecule has 0 radical (unpaired) electrons. The quantitative estimate of drug-likeness (QED) is 0.0437. The normalized spacial score (nSPS) is 11.4. The van der Waals surface area contributed by atoms with Crippen molar-refractivity contribution in [1.29, 1.82) is 0 Å². The molecule has 0 aromatic rings. The lowest BCUT2D eigenvalue weighted by molar-refractivity contribution is -0.124. The summed E-state index contributed by atoms with van der Waals surface area (Å²) in [7, 11) is 1.95. The van der Waals surface area contributed by atoms with Crippen LogP contribution in [0.1, 0.15) is 258 Å². The first-order chi connectivity index (χ1) is 24.6. The van der Waals surface area contributed by atoms with Crippen molar-refractivity contribution in [3.05, 3.63) is 0 Å². The van der Waals surface area contributed by atoms with Crippen molar-refractivity contribution < 1.29 is 9.59 Å². The summed E-state index contributed by atoms with van der Waals surface area (Å²) in [5.41, 5.74) is 0. The van der Waals surface area contributed by atoms with Crippen LogP contribution in [0.2, 0.25) is 0 Å². The molecule has 0 saturated carbocycles. The Hall–Kier alpha value is -1.10. The van der Waals surface area contributed by atoms with Gasteiger partial charge in [0.15, 0.2) is 0 Å². The third kappa shape index (κ3) is 39.7. The molecule has 0 spiro atoms. The minimum atomic E-state index is -0.250. The molecule has 0 atom stereocenters. The lowest BCUT2D eigenvalue weighted by Gasteiger charge is -2.20. The summed E-state index contributed by atoms with van der Waals surface area (Å²) in [6, 6.07) is 0. The van der Waals surface area contributed by atoms with Crippen LogP contribution < -0.4 is 16.0 Å². The number of rotatable bonds is 42. The number of hydrogen-bond acceptors (Lipinski definition) is 3. The van der Waals surface area contributed by atoms with Crippen molar-refractivity contribution in [1.82, 2.24) is 16.0 Å². The van der Waals surface area contributed by atoms with E-state index in [4.69, 9.17) is 0 Å². The molecule has 298 valence electrons. The number of amides is 2. The van der Waals surface area contributed by atoms with E-state index in [0.29, 0.717) is 12.8 Å². The summed E-state index contributed by atoms with van der Waals surface area (Å²) >= 11 is 0. The maximum Gasteiger partial charge on any atom is 0.221 e. The predicted molar refractivity (Wildman–Crippen MR) is 221 cm³/mol. The van der Waals surface area contributed by atoms with Crippen LogP contribution >= 0.6 is 0 Å². The van der Waals surface area contributed by atoms with Gasteiger partial charge in [0.05, 0.1) is 0 Å². The molecule has 3 N–H and O–H groups in total. The number of carbonyl (C=O) groups excluding carboxylic acids is 2. The molecule has 5 nitrogen and oxygen atoms in total. The molecular weight excluding hydrogens is 615 g/mol. The van der Waals surface area contributed by atoms with Crippen LogP contribution in [0.25, 0.3) is 0 Å². The van der Waals surface area contributed by atoms with E-state index in [1.54, 1.807) is 0 Å². The molecule has 0 aliphatic heterocycles. The molecule has 0 saturated heterocycles. The van der Waals surface area contributed by atoms with Crippen LogP contribution in [0.3, 0.4) is 0 Å². The van der Waals surface area contributed by atoms with Gasteiger partial charge in [-0.05, 0) is 39.3 Å². The zero-order valence-electron chi connectivity index (χ0n) is 34.5. The minimum absolute atomic E-state index is 0.0820. The molecular formula is C45H91N3O2. The van der Waals surface area contributed by atoms with Crippen molar-refractivity contribution in [2.75, 3.05) is 13.6 Å². The van der Waals surface area contributed by atoms with Crippen LogP contribution in [0, 0.1) is 0 Å². The summed E-state index contributed by atoms with van der Waals surface area (Å²) < 4.78 is 0. The Bertz CT molecular complexity index is 633. The Morgan fingerprint density at radius 2 is 0.600 bits per heavy atom. The van der Waals surface area contributed by atoms with Gasteiger partial charge in [-0.25, -0.2) is 0 Å². The molecule has 50 heavy (non-hydrogen) atoms. The number of unbranched alkanes of at least 4 members (excludes halogenated alkanes) is 32. The Morgan fingerprint density at radius 3 is 0.840 bits per heavy atom. The monoisotopic (exact) mass is 706 g/mol. The van der Waals surface area contributed by atoms with Gasteiger partial charge >= 0.3 is 0 Å². The van der Waals surface area contributed by atoms with E-state index in [2.05, 4.69) is 29.8 Å². The van der Waals surface area contributed by atoms with Crippen LogP contribution in [0.15, 0.2) is 0 Å². The van der Waals surface area contributed by atoms with Crippen molar-refractivity contribution in [2.45, 2.75) is 264 Å². The molecule has 0 fully saturated rings. The summed E-state index contributed by atoms with van der Waals surface area (Å²) in [5.74, 6) is 0.164. The van der Waals surface area contributed by atoms with E-state index >= 15 is 0 Å². The van der Waals surface area contributed by atoms with E-state index in [-0.39, 0.29) is 18.0 Å². The van der Waals surface area contributed by atoms with Gasteiger partial charge in [-0.3, -0.25) is 9.59 Å². The lowest BCUT2D eigenvalue weighted by atomic mass is 10.0. The second-order valence-corrected chi connectivity index (χ2v) is 15.7. The molecule has 0 aliphatic rings. The third-order valence-electron chi connectivity index (χ3n) is 10.6. The molecule has 0 aromatic heterocycles. The maximum atomic E-state index is 12.7. The highest BCUT2D eigenvalue weighted by Crippen LogP contribution is 2.16. The molecule has 0 heterocycles. The fourth-order valence-corrected chi connectivity index (χ4v) is 7.22. The maximum absolute atomic E-state index is 12.7. The van der Waals surface area contributed by atoms with Gasteiger partial charge in [0.2, 0.25) is 11.8 Å². The Labute approximate surface area is 314 Å². The summed E-state index contributed by atoms with van der Waals surface area (Å²) in [6.45, 7) is 5.47. The minimum Gasteiger partial charge on any atom is -0.336 e. The Kier molecular flexibility index (Phi) is 41.4. The second kappa shape index (κ2) is 42.3. The highest BCUT2D eigenvalue weighted by Gasteiger charge is 2.14. The predicted octanol–water partition coefficient (Wildman–Crippen LogP) is 13.6. The SMILES string of the molecule is CCCCCCCCCCCCCCCCCCCC(=O)NC(CCCNC)NC(=O)CCCCCCCCCCCCCCCCCCC. The summed E-state index contributed by atoms with van der Waals surface area (Å²) in [5, 5.41) is 9.42. The molecule has 0 bridgehead atoms. The van der Waals surface area contributed by atoms with Gasteiger partial charge in [0, 0.05) is 12.8 Å². The van der Waals surface area contributed by atoms with E-state index in [0.717, 1.165) is 45.1 Å². The van der Waals surface area contributed by atoms with Gasteiger partial charge in [-0.15, -0.1) is 0 Å². The largest absolute Gasteiger partial charge is 0.336 e. The fraction of sp³-hybridized carbons (Fsp3) is 0.956. The van der Waals surface area contributed by atoms with Crippen LogP contribution in [0.4, 0.5) is 0 Å². The fourth-order valence-electron chi connectivity index (χ4n) is 7.22. The third-order valence-corrected chi connectivity index (χ3v) is 10.6. The van der Waals surface area contributed by atoms with Gasteiger partial charge in [0.25, 0.3) is 0 Å². The molecule has 0 unspecified atom stereocenters. The van der Waals surface area contributed by atoms with E-state index in [9.17, 15) is 9.59 Å². The molecule has 0 aromatic carbocycles. The highest BCUT2D eigenvalue weighted by molar-refractivity contribution is 5.79. The van der Waals surface area contributed by atoms with Crippen molar-refractivity contribution in [3.8, 4) is 0 Å². The standard InChI is InChI=1S/C45H91N3O2/c1-4-6-8-10-12-14-16-18-20-22-24-26-28-30-32-34-36-40-44(49)47-43(39-38-42-46-3)48-45(50)41-37-35-33-31-29-27-25-23-21-19-17-15-13-11-9-7-5-2/h43,46H,4-42H2,1-3H3,(H,47,49)(H,48,50). The van der Waals surface area contributed by atoms with Crippen LogP contribution in [0.5, 0.6) is 0 Å². The van der Waals surface area contributed by atoms with Crippen LogP contribution in [-0.2, 0) is 9.59 Å². The lowest BCUT2D eigenvalue weighted by Crippen LogP contribution is -2.48. The molecule has 5 heteroatoms. The average molecular weight is 706 g/mol. The topological polar surface area (TPSA) is 70.2 Å². The smallest absolute Gasteiger partial charge is 0.221 e. The number of nitrogens with one attached hydrogen (secondary N) is 3. The first kappa shape index (κ1) is 48.9. The number of hydrogen-bond donors (Lipinski definition) is 3. The molecule has 0 rings (SSSR count). The van der Waals surface area contributed by atoms with Gasteiger partial charge < -0.3 is 16.0 Å². The summed E-state index contributed by atoms with van der Waals surface area (Å²) in [4.78, 5) is 25.4. The molecule has 2 amide bonds. The van der Waals surface area contributed by atoms with Crippen molar-refractivity contribution in [2.24, 2.45) is 0 Å². The van der Waals surface area contributed by atoms with Crippen molar-refractivity contribution >= 4 is 11.8 Å². The first-order valence-electron chi connectivity index (χ1n) is 22.9. The van der Waals surface area contributed by atoms with Gasteiger partial charge in [-0.1, -0.05) is 219 Å². The zero-order chi connectivity index (χ0) is 36.4. The zero-order valence-corrected chi connectivity index (χ0v) is 34.5. The van der Waals surface area contributed by atoms with E-state index < -0.39 is 0 Å². The van der Waals surface area contributed by atoms with Crippen LogP contribution in [-0.4, -0.2) is 31.6 Å². The number of carbonyl (C=O) groups is 2. The van der Waals surface area contributed by atoms with E-state index in [1.165, 1.54) is 193 Å².